The number of hydrogen-bond donors (Lipinski definition) is 5. The average molecular weight is 1010 g/mol. The number of nitrogens with zero attached hydrogens (tertiary/aromatic N) is 6. The Kier molecular flexibility index (Phi) is 12.4. The Morgan fingerprint density at radius 1 is 1.01 bits per heavy atom. The fourth-order valence-electron chi connectivity index (χ4n) is 11.7. The summed E-state index contributed by atoms with van der Waals surface area (Å²) in [5, 5.41) is 22.8. The summed E-state index contributed by atoms with van der Waals surface area (Å²) in [6.45, 7) is 6.32. The Bertz CT molecular complexity index is 3300. The lowest BCUT2D eigenvalue weighted by molar-refractivity contribution is -0.136. The molecule has 0 spiro atoms. The summed E-state index contributed by atoms with van der Waals surface area (Å²) in [6.07, 6.45) is 10.6. The van der Waals surface area contributed by atoms with Gasteiger partial charge >= 0.3 is 12.1 Å². The second-order valence-electron chi connectivity index (χ2n) is 19.8. The molecule has 380 valence electrons. The number of alkyl carbamates (subject to hydrolysis) is 1. The predicted octanol–water partition coefficient (Wildman–Crippen LogP) is 4.84. The van der Waals surface area contributed by atoms with E-state index in [4.69, 9.17) is 20.9 Å². The van der Waals surface area contributed by atoms with Crippen LogP contribution in [-0.2, 0) is 19.1 Å². The van der Waals surface area contributed by atoms with E-state index in [0.717, 1.165) is 23.3 Å². The number of phenols is 1. The summed E-state index contributed by atoms with van der Waals surface area (Å²) < 4.78 is 44.5. The fraction of sp³-hybridized carbons (Fsp3) is 0.377. The number of aromatic nitrogens is 3. The zero-order valence-electron chi connectivity index (χ0n) is 40.0. The zero-order valence-corrected chi connectivity index (χ0v) is 40.0. The van der Waals surface area contributed by atoms with Crippen LogP contribution in [0.5, 0.6) is 11.8 Å². The first kappa shape index (κ1) is 48.2. The van der Waals surface area contributed by atoms with E-state index in [0.29, 0.717) is 55.5 Å². The van der Waals surface area contributed by atoms with Crippen molar-refractivity contribution in [3.63, 3.8) is 0 Å². The number of nitrogens with one attached hydrogen (secondary N) is 4. The molecule has 8 heterocycles. The normalized spacial score (nSPS) is 23.3. The van der Waals surface area contributed by atoms with Crippen molar-refractivity contribution in [1.29, 1.82) is 0 Å². The van der Waals surface area contributed by atoms with E-state index in [2.05, 4.69) is 53.5 Å². The number of pyridine rings is 1. The summed E-state index contributed by atoms with van der Waals surface area (Å²) in [7, 11) is 0. The number of rotatable bonds is 13. The SMILES string of the molecule is C#Cc1c(F)ccc2cc(O)cc(-c3ncc4c(N5CC6CCC(C5)N6)nc(OCC56CCC(COC(=O)NCCCC(=O)Nc7cccc8c7C(=O)N(C7CCC(=O)NC7=O)C8=O)N5CC(=C)C6)nc4c3F)c12. The highest BCUT2D eigenvalue weighted by Crippen LogP contribution is 2.45. The molecule has 0 aliphatic carbocycles. The summed E-state index contributed by atoms with van der Waals surface area (Å²) in [5.74, 6) is -2.00. The molecule has 5 saturated heterocycles. The number of piperazine rings is 1. The minimum absolute atomic E-state index is 0.00415. The van der Waals surface area contributed by atoms with Crippen LogP contribution >= 0.6 is 0 Å². The van der Waals surface area contributed by atoms with Crippen molar-refractivity contribution in [3.8, 4) is 35.4 Å². The Morgan fingerprint density at radius 2 is 1.82 bits per heavy atom. The smallest absolute Gasteiger partial charge is 0.407 e. The maximum absolute atomic E-state index is 17.2. The van der Waals surface area contributed by atoms with E-state index in [-0.39, 0.29) is 120 Å². The molecule has 0 radical (unpaired) electrons. The van der Waals surface area contributed by atoms with E-state index in [1.165, 1.54) is 48.7 Å². The fourth-order valence-corrected chi connectivity index (χ4v) is 11.7. The molecule has 6 aliphatic heterocycles. The Morgan fingerprint density at radius 3 is 2.61 bits per heavy atom. The second-order valence-corrected chi connectivity index (χ2v) is 19.8. The first-order valence-electron chi connectivity index (χ1n) is 24.6. The molecular weight excluding hydrogens is 959 g/mol. The highest BCUT2D eigenvalue weighted by molar-refractivity contribution is 6.26. The summed E-state index contributed by atoms with van der Waals surface area (Å²) in [6, 6.07) is 8.84. The van der Waals surface area contributed by atoms with Crippen molar-refractivity contribution in [1.82, 2.24) is 40.7 Å². The largest absolute Gasteiger partial charge is 0.508 e. The van der Waals surface area contributed by atoms with E-state index in [1.807, 2.05) is 0 Å². The molecular formula is C53H50F2N10O9. The van der Waals surface area contributed by atoms with E-state index >= 15 is 8.78 Å². The lowest BCUT2D eigenvalue weighted by Gasteiger charge is -2.35. The second kappa shape index (κ2) is 19.1. The molecule has 0 saturated carbocycles. The molecule has 11 rings (SSSR count). The van der Waals surface area contributed by atoms with E-state index in [1.54, 1.807) is 0 Å². The van der Waals surface area contributed by atoms with Gasteiger partial charge in [-0.1, -0.05) is 30.2 Å². The number of benzene rings is 3. The number of halogens is 2. The van der Waals surface area contributed by atoms with Gasteiger partial charge in [0, 0.05) is 74.3 Å². The molecule has 21 heteroatoms. The van der Waals surface area contributed by atoms with E-state index < -0.39 is 58.8 Å². The Labute approximate surface area is 422 Å². The van der Waals surface area contributed by atoms with Crippen LogP contribution in [0.15, 0.2) is 60.8 Å². The highest BCUT2D eigenvalue weighted by Gasteiger charge is 2.52. The van der Waals surface area contributed by atoms with Crippen molar-refractivity contribution >= 4 is 68.8 Å². The number of aromatic hydroxyl groups is 1. The molecule has 5 N–H and O–H groups in total. The van der Waals surface area contributed by atoms with Gasteiger partial charge in [0.1, 0.15) is 47.9 Å². The number of terminal acetylenes is 1. The van der Waals surface area contributed by atoms with Gasteiger partial charge in [-0.25, -0.2) is 13.6 Å². The van der Waals surface area contributed by atoms with Gasteiger partial charge < -0.3 is 35.4 Å². The number of phenolic OH excluding ortho intramolecular Hbond substituents is 1. The number of fused-ring (bicyclic) bond motifs is 6. The van der Waals surface area contributed by atoms with Crippen molar-refractivity contribution < 1.29 is 52.1 Å². The monoisotopic (exact) mass is 1010 g/mol. The number of anilines is 2. The van der Waals surface area contributed by atoms with Gasteiger partial charge in [-0.15, -0.1) is 6.42 Å². The van der Waals surface area contributed by atoms with Gasteiger partial charge in [0.05, 0.1) is 33.3 Å². The lowest BCUT2D eigenvalue weighted by Crippen LogP contribution is -2.54. The van der Waals surface area contributed by atoms with Crippen LogP contribution in [-0.4, -0.2) is 135 Å². The molecule has 5 atom stereocenters. The third kappa shape index (κ3) is 8.66. The molecule has 19 nitrogen and oxygen atoms in total. The zero-order chi connectivity index (χ0) is 51.6. The summed E-state index contributed by atoms with van der Waals surface area (Å²) in [4.78, 5) is 96.0. The van der Waals surface area contributed by atoms with Crippen molar-refractivity contribution in [2.75, 3.05) is 49.6 Å². The van der Waals surface area contributed by atoms with Gasteiger partial charge in [0.15, 0.2) is 5.82 Å². The van der Waals surface area contributed by atoms with Crippen LogP contribution in [0.1, 0.15) is 84.1 Å². The lowest BCUT2D eigenvalue weighted by atomic mass is 9.94. The molecule has 2 bridgehead atoms. The van der Waals surface area contributed by atoms with Crippen LogP contribution in [0.2, 0.25) is 0 Å². The number of piperidine rings is 1. The summed E-state index contributed by atoms with van der Waals surface area (Å²) >= 11 is 0. The van der Waals surface area contributed by atoms with Crippen LogP contribution in [0.25, 0.3) is 32.9 Å². The van der Waals surface area contributed by atoms with Crippen LogP contribution in [0.3, 0.4) is 0 Å². The third-order valence-electron chi connectivity index (χ3n) is 15.0. The molecule has 74 heavy (non-hydrogen) atoms. The molecule has 5 unspecified atom stereocenters. The minimum Gasteiger partial charge on any atom is -0.508 e. The first-order chi connectivity index (χ1) is 35.7. The maximum Gasteiger partial charge on any atom is 0.407 e. The molecule has 2 aromatic heterocycles. The number of imide groups is 2. The number of ether oxygens (including phenoxy) is 2. The van der Waals surface area contributed by atoms with Gasteiger partial charge in [-0.3, -0.25) is 44.1 Å². The molecule has 5 fully saturated rings. The van der Waals surface area contributed by atoms with Crippen molar-refractivity contribution in [2.24, 2.45) is 0 Å². The number of hydrogen-bond acceptors (Lipinski definition) is 15. The summed E-state index contributed by atoms with van der Waals surface area (Å²) in [5.41, 5.74) is 0.243. The highest BCUT2D eigenvalue weighted by atomic mass is 19.1. The van der Waals surface area contributed by atoms with Gasteiger partial charge in [0.25, 0.3) is 11.8 Å². The van der Waals surface area contributed by atoms with Crippen LogP contribution in [0.4, 0.5) is 25.1 Å². The first-order valence-corrected chi connectivity index (χ1v) is 24.6. The maximum atomic E-state index is 17.2. The number of carbonyl (C=O) groups is 6. The molecule has 3 aromatic carbocycles. The Hall–Kier alpha value is -8.09. The minimum atomic E-state index is -1.15. The molecule has 6 aliphatic rings. The van der Waals surface area contributed by atoms with Crippen molar-refractivity contribution in [3.05, 3.63) is 89.1 Å². The van der Waals surface area contributed by atoms with E-state index in [9.17, 15) is 33.9 Å². The van der Waals surface area contributed by atoms with Gasteiger partial charge in [-0.05, 0) is 80.7 Å². The quantitative estimate of drug-likeness (QED) is 0.0459. The predicted molar refractivity (Wildman–Crippen MR) is 264 cm³/mol. The average Bonchev–Trinajstić information content (AvgIpc) is 4.09. The van der Waals surface area contributed by atoms with Crippen molar-refractivity contribution in [2.45, 2.75) is 87.5 Å². The number of carbonyl (C=O) groups excluding carboxylic acids is 6. The van der Waals surface area contributed by atoms with Gasteiger partial charge in [-0.2, -0.15) is 9.97 Å². The van der Waals surface area contributed by atoms with Gasteiger partial charge in [0.2, 0.25) is 17.7 Å². The van der Waals surface area contributed by atoms with Crippen LogP contribution < -0.4 is 30.9 Å². The Balaban J connectivity index is 0.739. The molecule has 5 aromatic rings. The topological polar surface area (TPSA) is 238 Å². The standard InChI is InChI=1S/C53H50F2N10O9/c1-3-33-37(54)12-9-28-18-32(66)19-35(42(28)33)45-44(55)46-36(21-57-45)47(63-23-29-10-11-30(24-63)58-29)62-51(61-46)74-26-53-16-15-31(64(53)22-27(2)20-53)25-73-52(72)56-17-5-8-40(67)59-38-7-4-6-34-43(38)50(71)65(49(34)70)39-13-14-41(68)60-48(39)69/h1,4,6-7,9,12,18-19,21,29-31,39,58,66H,2,5,8,10-11,13-17,20,22-26H2,(H,56,72)(H,59,67)(H,60,68,69). The van der Waals surface area contributed by atoms with Crippen LogP contribution in [0, 0.1) is 24.0 Å². The molecule has 6 amide bonds. The third-order valence-corrected chi connectivity index (χ3v) is 15.0. The number of amides is 6.